The van der Waals surface area contributed by atoms with E-state index in [1.54, 1.807) is 7.05 Å². The number of likely N-dealkylation sites (tertiary alicyclic amines) is 1. The summed E-state index contributed by atoms with van der Waals surface area (Å²) in [5.74, 6) is 0.711. The van der Waals surface area contributed by atoms with Gasteiger partial charge in [-0.25, -0.2) is 0 Å². The van der Waals surface area contributed by atoms with Crippen molar-refractivity contribution < 1.29 is 9.53 Å². The van der Waals surface area contributed by atoms with Gasteiger partial charge >= 0.3 is 5.97 Å². The average molecular weight is 269 g/mol. The fourth-order valence-electron chi connectivity index (χ4n) is 2.22. The number of rotatable bonds is 4. The highest BCUT2D eigenvalue weighted by molar-refractivity contribution is 5.80. The highest BCUT2D eigenvalue weighted by atomic mass is 16.5. The molecule has 1 aliphatic rings. The molecule has 0 atom stereocenters. The Kier molecular flexibility index (Phi) is 5.63. The van der Waals surface area contributed by atoms with Crippen molar-refractivity contribution in [2.45, 2.75) is 46.6 Å². The summed E-state index contributed by atoms with van der Waals surface area (Å²) in [5.41, 5.74) is 0.341. The number of aliphatic imine (C=N–C) groups is 1. The summed E-state index contributed by atoms with van der Waals surface area (Å²) >= 11 is 0. The van der Waals surface area contributed by atoms with Crippen LogP contribution >= 0.6 is 0 Å². The van der Waals surface area contributed by atoms with E-state index in [4.69, 9.17) is 4.74 Å². The first-order chi connectivity index (χ1) is 8.84. The lowest BCUT2D eigenvalue weighted by atomic mass is 9.93. The van der Waals surface area contributed by atoms with E-state index < -0.39 is 0 Å². The minimum atomic E-state index is -0.167. The van der Waals surface area contributed by atoms with Gasteiger partial charge in [0.15, 0.2) is 5.96 Å². The van der Waals surface area contributed by atoms with Crippen LogP contribution in [0.2, 0.25) is 0 Å². The zero-order valence-corrected chi connectivity index (χ0v) is 12.8. The molecule has 0 amide bonds. The normalized spacial score (nSPS) is 18.8. The third kappa shape index (κ3) is 5.49. The summed E-state index contributed by atoms with van der Waals surface area (Å²) < 4.78 is 5.09. The maximum atomic E-state index is 11.4. The number of nitrogens with zero attached hydrogens (tertiary/aromatic N) is 2. The molecule has 1 saturated heterocycles. The van der Waals surface area contributed by atoms with Gasteiger partial charge in [-0.15, -0.1) is 0 Å². The Balaban J connectivity index is 2.33. The molecule has 1 N–H and O–H groups in total. The molecule has 5 heteroatoms. The molecule has 0 saturated carbocycles. The van der Waals surface area contributed by atoms with Crippen LogP contribution in [0.15, 0.2) is 4.99 Å². The van der Waals surface area contributed by atoms with E-state index in [-0.39, 0.29) is 12.1 Å². The van der Waals surface area contributed by atoms with Gasteiger partial charge in [0.2, 0.25) is 0 Å². The van der Waals surface area contributed by atoms with Crippen LogP contribution < -0.4 is 5.32 Å². The lowest BCUT2D eigenvalue weighted by Crippen LogP contribution is -2.41. The second-order valence-electron chi connectivity index (χ2n) is 6.10. The van der Waals surface area contributed by atoms with Gasteiger partial charge in [0.05, 0.1) is 12.5 Å². The Bertz CT molecular complexity index is 338. The highest BCUT2D eigenvalue weighted by Crippen LogP contribution is 2.28. The van der Waals surface area contributed by atoms with Crippen LogP contribution in [0.5, 0.6) is 0 Å². The summed E-state index contributed by atoms with van der Waals surface area (Å²) in [7, 11) is 1.78. The SMILES string of the molecule is CN=C(NCCC(=O)OC(C)C)N1CCC(C)(C)C1. The second-order valence-corrected chi connectivity index (χ2v) is 6.10. The van der Waals surface area contributed by atoms with Crippen molar-refractivity contribution in [1.29, 1.82) is 0 Å². The van der Waals surface area contributed by atoms with Crippen molar-refractivity contribution in [1.82, 2.24) is 10.2 Å². The summed E-state index contributed by atoms with van der Waals surface area (Å²) in [4.78, 5) is 17.9. The zero-order chi connectivity index (χ0) is 14.5. The molecule has 0 spiro atoms. The Morgan fingerprint density at radius 2 is 2.16 bits per heavy atom. The van der Waals surface area contributed by atoms with E-state index in [0.717, 1.165) is 19.0 Å². The number of hydrogen-bond acceptors (Lipinski definition) is 3. The molecule has 110 valence electrons. The fourth-order valence-corrected chi connectivity index (χ4v) is 2.22. The molecule has 0 aromatic carbocycles. The molecule has 1 fully saturated rings. The number of ether oxygens (including phenoxy) is 1. The van der Waals surface area contributed by atoms with Crippen LogP contribution in [0.4, 0.5) is 0 Å². The Hall–Kier alpha value is -1.26. The average Bonchev–Trinajstić information content (AvgIpc) is 2.64. The van der Waals surface area contributed by atoms with Gasteiger partial charge in [-0.05, 0) is 25.7 Å². The van der Waals surface area contributed by atoms with Crippen molar-refractivity contribution in [3.05, 3.63) is 0 Å². The Morgan fingerprint density at radius 3 is 2.63 bits per heavy atom. The fraction of sp³-hybridized carbons (Fsp3) is 0.857. The molecule has 1 aliphatic heterocycles. The van der Waals surface area contributed by atoms with Crippen LogP contribution in [-0.2, 0) is 9.53 Å². The number of hydrogen-bond donors (Lipinski definition) is 1. The van der Waals surface area contributed by atoms with Gasteiger partial charge in [0.25, 0.3) is 0 Å². The van der Waals surface area contributed by atoms with Crippen molar-refractivity contribution >= 4 is 11.9 Å². The van der Waals surface area contributed by atoms with E-state index in [0.29, 0.717) is 18.4 Å². The van der Waals surface area contributed by atoms with Gasteiger partial charge in [0.1, 0.15) is 0 Å². The smallest absolute Gasteiger partial charge is 0.307 e. The Labute approximate surface area is 116 Å². The largest absolute Gasteiger partial charge is 0.463 e. The van der Waals surface area contributed by atoms with Crippen LogP contribution in [-0.4, -0.2) is 49.6 Å². The maximum absolute atomic E-state index is 11.4. The molecular weight excluding hydrogens is 242 g/mol. The van der Waals surface area contributed by atoms with Crippen LogP contribution in [0.1, 0.15) is 40.5 Å². The first-order valence-electron chi connectivity index (χ1n) is 6.99. The monoisotopic (exact) mass is 269 g/mol. The van der Waals surface area contributed by atoms with Crippen molar-refractivity contribution in [3.63, 3.8) is 0 Å². The topological polar surface area (TPSA) is 53.9 Å². The number of carbonyl (C=O) groups is 1. The predicted octanol–water partition coefficient (Wildman–Crippen LogP) is 1.64. The van der Waals surface area contributed by atoms with Gasteiger partial charge in [0, 0.05) is 26.7 Å². The summed E-state index contributed by atoms with van der Waals surface area (Å²) in [6.45, 7) is 10.8. The third-order valence-corrected chi connectivity index (χ3v) is 3.17. The lowest BCUT2D eigenvalue weighted by Gasteiger charge is -2.23. The summed E-state index contributed by atoms with van der Waals surface area (Å²) in [6, 6.07) is 0. The molecule has 5 nitrogen and oxygen atoms in total. The van der Waals surface area contributed by atoms with Crippen LogP contribution in [0.3, 0.4) is 0 Å². The number of carbonyl (C=O) groups excluding carboxylic acids is 1. The molecule has 0 radical (unpaired) electrons. The minimum Gasteiger partial charge on any atom is -0.463 e. The highest BCUT2D eigenvalue weighted by Gasteiger charge is 2.30. The standard InChI is InChI=1S/C14H27N3O2/c1-11(2)19-12(18)6-8-16-13(15-5)17-9-7-14(3,4)10-17/h11H,6-10H2,1-5H3,(H,15,16). The van der Waals surface area contributed by atoms with Gasteiger partial charge in [-0.2, -0.15) is 0 Å². The zero-order valence-electron chi connectivity index (χ0n) is 12.8. The lowest BCUT2D eigenvalue weighted by molar-refractivity contribution is -0.147. The quantitative estimate of drug-likeness (QED) is 0.479. The molecule has 1 rings (SSSR count). The molecule has 0 bridgehead atoms. The summed E-state index contributed by atoms with van der Waals surface area (Å²) in [5, 5.41) is 3.23. The van der Waals surface area contributed by atoms with Crippen molar-refractivity contribution in [3.8, 4) is 0 Å². The van der Waals surface area contributed by atoms with Gasteiger partial charge in [-0.3, -0.25) is 9.79 Å². The third-order valence-electron chi connectivity index (χ3n) is 3.17. The van der Waals surface area contributed by atoms with Crippen LogP contribution in [0, 0.1) is 5.41 Å². The molecule has 19 heavy (non-hydrogen) atoms. The van der Waals surface area contributed by atoms with E-state index in [1.807, 2.05) is 13.8 Å². The van der Waals surface area contributed by atoms with E-state index >= 15 is 0 Å². The molecular formula is C14H27N3O2. The van der Waals surface area contributed by atoms with Gasteiger partial charge < -0.3 is 15.0 Å². The van der Waals surface area contributed by atoms with Crippen molar-refractivity contribution in [2.24, 2.45) is 10.4 Å². The van der Waals surface area contributed by atoms with E-state index in [1.165, 1.54) is 6.42 Å². The first-order valence-corrected chi connectivity index (χ1v) is 6.99. The molecule has 0 aliphatic carbocycles. The number of guanidine groups is 1. The predicted molar refractivity (Wildman–Crippen MR) is 77.2 cm³/mol. The number of nitrogens with one attached hydrogen (secondary N) is 1. The van der Waals surface area contributed by atoms with Gasteiger partial charge in [-0.1, -0.05) is 13.8 Å². The van der Waals surface area contributed by atoms with E-state index in [2.05, 4.69) is 29.1 Å². The molecule has 1 heterocycles. The van der Waals surface area contributed by atoms with Crippen LogP contribution in [0.25, 0.3) is 0 Å². The molecule has 0 unspecified atom stereocenters. The first kappa shape index (κ1) is 15.8. The number of esters is 1. The second kappa shape index (κ2) is 6.78. The maximum Gasteiger partial charge on any atom is 0.307 e. The van der Waals surface area contributed by atoms with Crippen molar-refractivity contribution in [2.75, 3.05) is 26.7 Å². The summed E-state index contributed by atoms with van der Waals surface area (Å²) in [6.07, 6.45) is 1.49. The van der Waals surface area contributed by atoms with E-state index in [9.17, 15) is 4.79 Å². The minimum absolute atomic E-state index is 0.0498. The molecule has 0 aromatic rings. The molecule has 0 aromatic heterocycles. The Morgan fingerprint density at radius 1 is 1.47 bits per heavy atom.